The van der Waals surface area contributed by atoms with Crippen molar-refractivity contribution in [2.24, 2.45) is 13.0 Å². The SMILES string of the molecule is Cc1cn2nc([C@@H]3CCCCN3C(=O)c3cccc4c3cnn4C)cc2nc1N1C[C@@H](C#N)[C@@H](O)C1. The molecule has 2 fully saturated rings. The number of anilines is 1. The number of amides is 1. The van der Waals surface area contributed by atoms with Gasteiger partial charge in [0.25, 0.3) is 5.91 Å². The summed E-state index contributed by atoms with van der Waals surface area (Å²) in [7, 11) is 1.88. The fourth-order valence-corrected chi connectivity index (χ4v) is 5.59. The third-order valence-electron chi connectivity index (χ3n) is 7.51. The highest BCUT2D eigenvalue weighted by molar-refractivity contribution is 6.06. The summed E-state index contributed by atoms with van der Waals surface area (Å²) in [4.78, 5) is 22.5. The first-order chi connectivity index (χ1) is 17.4. The van der Waals surface area contributed by atoms with E-state index in [1.54, 1.807) is 15.4 Å². The van der Waals surface area contributed by atoms with Gasteiger partial charge in [-0.2, -0.15) is 15.5 Å². The van der Waals surface area contributed by atoms with E-state index in [-0.39, 0.29) is 11.9 Å². The van der Waals surface area contributed by atoms with E-state index in [9.17, 15) is 15.2 Å². The van der Waals surface area contributed by atoms with Gasteiger partial charge < -0.3 is 14.9 Å². The zero-order chi connectivity index (χ0) is 25.0. The number of fused-ring (bicyclic) bond motifs is 2. The van der Waals surface area contributed by atoms with Crippen molar-refractivity contribution in [1.29, 1.82) is 5.26 Å². The van der Waals surface area contributed by atoms with Crippen LogP contribution in [0.25, 0.3) is 16.6 Å². The minimum absolute atomic E-state index is 0.00576. The highest BCUT2D eigenvalue weighted by atomic mass is 16.3. The predicted molar refractivity (Wildman–Crippen MR) is 133 cm³/mol. The van der Waals surface area contributed by atoms with Crippen LogP contribution in [-0.4, -0.2) is 66.0 Å². The second-order valence-corrected chi connectivity index (χ2v) is 9.84. The zero-order valence-corrected chi connectivity index (χ0v) is 20.4. The Labute approximate surface area is 208 Å². The molecule has 1 amide bonds. The number of carbonyl (C=O) groups is 1. The Bertz CT molecular complexity index is 1520. The van der Waals surface area contributed by atoms with E-state index in [2.05, 4.69) is 11.2 Å². The Morgan fingerprint density at radius 3 is 2.92 bits per heavy atom. The summed E-state index contributed by atoms with van der Waals surface area (Å²) in [6.07, 6.45) is 5.83. The Morgan fingerprint density at radius 1 is 1.25 bits per heavy atom. The number of hydrogen-bond acceptors (Lipinski definition) is 7. The number of rotatable bonds is 3. The molecule has 0 spiro atoms. The molecule has 2 aliphatic heterocycles. The van der Waals surface area contributed by atoms with Crippen LogP contribution >= 0.6 is 0 Å². The lowest BCUT2D eigenvalue weighted by Crippen LogP contribution is -2.38. The Morgan fingerprint density at radius 2 is 2.11 bits per heavy atom. The van der Waals surface area contributed by atoms with E-state index in [1.165, 1.54) is 0 Å². The molecule has 1 N–H and O–H groups in total. The van der Waals surface area contributed by atoms with Gasteiger partial charge in [-0.3, -0.25) is 9.48 Å². The standard InChI is InChI=1S/C26H28N8O2/c1-16-13-34-24(29-25(16)32-14-17(11-27)23(35)15-32)10-20(30-34)22-7-3-4-9-33(22)26(36)18-6-5-8-21-19(18)12-28-31(21)2/h5-6,8,10,12-13,17,22-23,35H,3-4,7,9,14-15H2,1-2H3/t17-,22+,23+/m1/s1. The summed E-state index contributed by atoms with van der Waals surface area (Å²) in [5.74, 6) is 0.327. The van der Waals surface area contributed by atoms with Crippen molar-refractivity contribution < 1.29 is 9.90 Å². The Kier molecular flexibility index (Phi) is 5.38. The average molecular weight is 485 g/mol. The lowest BCUT2D eigenvalue weighted by Gasteiger charge is -2.35. The topological polar surface area (TPSA) is 116 Å². The van der Waals surface area contributed by atoms with Gasteiger partial charge in [0.2, 0.25) is 0 Å². The van der Waals surface area contributed by atoms with Gasteiger partial charge in [0.15, 0.2) is 5.65 Å². The lowest BCUT2D eigenvalue weighted by molar-refractivity contribution is 0.0607. The van der Waals surface area contributed by atoms with Crippen LogP contribution in [-0.2, 0) is 7.05 Å². The molecule has 6 rings (SSSR count). The fraction of sp³-hybridized carbons (Fsp3) is 0.423. The van der Waals surface area contributed by atoms with Crippen LogP contribution in [0.2, 0.25) is 0 Å². The molecular formula is C26H28N8O2. The summed E-state index contributed by atoms with van der Waals surface area (Å²) in [6.45, 7) is 3.47. The second kappa shape index (κ2) is 8.60. The van der Waals surface area contributed by atoms with Crippen LogP contribution in [0.4, 0.5) is 5.82 Å². The molecule has 0 aliphatic carbocycles. The van der Waals surface area contributed by atoms with Crippen molar-refractivity contribution in [2.45, 2.75) is 38.3 Å². The number of aliphatic hydroxyl groups excluding tert-OH is 1. The molecule has 5 heterocycles. The molecule has 184 valence electrons. The molecule has 10 heteroatoms. The molecule has 2 aliphatic rings. The second-order valence-electron chi connectivity index (χ2n) is 9.84. The minimum Gasteiger partial charge on any atom is -0.390 e. The molecule has 0 saturated carbocycles. The average Bonchev–Trinajstić information content (AvgIpc) is 3.59. The molecular weight excluding hydrogens is 456 g/mol. The van der Waals surface area contributed by atoms with Crippen molar-refractivity contribution in [2.75, 3.05) is 24.5 Å². The van der Waals surface area contributed by atoms with Crippen molar-refractivity contribution in [3.05, 3.63) is 53.5 Å². The van der Waals surface area contributed by atoms with Crippen molar-refractivity contribution >= 4 is 28.3 Å². The van der Waals surface area contributed by atoms with E-state index >= 15 is 0 Å². The summed E-state index contributed by atoms with van der Waals surface area (Å²) in [5, 5.41) is 29.5. The van der Waals surface area contributed by atoms with Crippen LogP contribution in [0.15, 0.2) is 36.7 Å². The molecule has 0 radical (unpaired) electrons. The van der Waals surface area contributed by atoms with Crippen LogP contribution in [0, 0.1) is 24.2 Å². The van der Waals surface area contributed by atoms with E-state index in [0.717, 1.165) is 47.2 Å². The molecule has 1 aromatic carbocycles. The van der Waals surface area contributed by atoms with Crippen molar-refractivity contribution in [1.82, 2.24) is 29.3 Å². The molecule has 36 heavy (non-hydrogen) atoms. The maximum Gasteiger partial charge on any atom is 0.255 e. The highest BCUT2D eigenvalue weighted by Gasteiger charge is 2.34. The number of aliphatic hydroxyl groups is 1. The van der Waals surface area contributed by atoms with Gasteiger partial charge in [-0.1, -0.05) is 6.07 Å². The van der Waals surface area contributed by atoms with E-state index in [4.69, 9.17) is 10.1 Å². The third-order valence-corrected chi connectivity index (χ3v) is 7.51. The number of piperidine rings is 1. The summed E-state index contributed by atoms with van der Waals surface area (Å²) >= 11 is 0. The van der Waals surface area contributed by atoms with E-state index in [0.29, 0.717) is 30.8 Å². The summed E-state index contributed by atoms with van der Waals surface area (Å²) < 4.78 is 3.55. The van der Waals surface area contributed by atoms with Gasteiger partial charge in [0, 0.05) is 49.9 Å². The first kappa shape index (κ1) is 22.5. The number of carbonyl (C=O) groups excluding carboxylic acids is 1. The van der Waals surface area contributed by atoms with Gasteiger partial charge in [-0.25, -0.2) is 9.50 Å². The van der Waals surface area contributed by atoms with E-state index in [1.807, 2.05) is 54.2 Å². The predicted octanol–water partition coefficient (Wildman–Crippen LogP) is 2.61. The van der Waals surface area contributed by atoms with Gasteiger partial charge in [0.05, 0.1) is 47.1 Å². The normalized spacial score (nSPS) is 22.4. The summed E-state index contributed by atoms with van der Waals surface area (Å²) in [5.41, 5.74) is 4.02. The quantitative estimate of drug-likeness (QED) is 0.475. The molecule has 4 aromatic rings. The lowest BCUT2D eigenvalue weighted by atomic mass is 9.97. The smallest absolute Gasteiger partial charge is 0.255 e. The maximum atomic E-state index is 13.8. The molecule has 10 nitrogen and oxygen atoms in total. The molecule has 0 bridgehead atoms. The zero-order valence-electron chi connectivity index (χ0n) is 20.4. The third kappa shape index (κ3) is 3.58. The first-order valence-electron chi connectivity index (χ1n) is 12.4. The number of benzene rings is 1. The van der Waals surface area contributed by atoms with Gasteiger partial charge in [0.1, 0.15) is 5.82 Å². The number of hydrogen-bond donors (Lipinski definition) is 1. The first-order valence-corrected chi connectivity index (χ1v) is 12.4. The van der Waals surface area contributed by atoms with Crippen LogP contribution in [0.1, 0.15) is 46.9 Å². The monoisotopic (exact) mass is 484 g/mol. The van der Waals surface area contributed by atoms with Crippen LogP contribution in [0.3, 0.4) is 0 Å². The number of β-amino-alcohol motifs (C(OH)–C–C–N with tert-alkyl or cyclic N) is 1. The van der Waals surface area contributed by atoms with Crippen molar-refractivity contribution in [3.8, 4) is 6.07 Å². The maximum absolute atomic E-state index is 13.8. The molecule has 0 unspecified atom stereocenters. The summed E-state index contributed by atoms with van der Waals surface area (Å²) in [6, 6.07) is 9.74. The number of nitriles is 1. The highest BCUT2D eigenvalue weighted by Crippen LogP contribution is 2.34. The number of likely N-dealkylation sites (tertiary alicyclic amines) is 1. The van der Waals surface area contributed by atoms with Gasteiger partial charge >= 0.3 is 0 Å². The van der Waals surface area contributed by atoms with Crippen LogP contribution < -0.4 is 4.90 Å². The molecule has 3 atom stereocenters. The van der Waals surface area contributed by atoms with Crippen LogP contribution in [0.5, 0.6) is 0 Å². The van der Waals surface area contributed by atoms with E-state index < -0.39 is 12.0 Å². The molecule has 2 saturated heterocycles. The fourth-order valence-electron chi connectivity index (χ4n) is 5.59. The van der Waals surface area contributed by atoms with Gasteiger partial charge in [-0.15, -0.1) is 0 Å². The minimum atomic E-state index is -0.682. The Hall–Kier alpha value is -3.97. The van der Waals surface area contributed by atoms with Crippen molar-refractivity contribution in [3.63, 3.8) is 0 Å². The largest absolute Gasteiger partial charge is 0.390 e. The number of nitrogens with zero attached hydrogens (tertiary/aromatic N) is 8. The Balaban J connectivity index is 1.34. The number of aromatic nitrogens is 5. The van der Waals surface area contributed by atoms with Gasteiger partial charge in [-0.05, 0) is 38.3 Å². The molecule has 3 aromatic heterocycles. The number of aryl methyl sites for hydroxylation is 2.